The summed E-state index contributed by atoms with van der Waals surface area (Å²) in [4.78, 5) is 11.9. The number of carbonyl (C=O) groups is 1. The van der Waals surface area contributed by atoms with E-state index in [2.05, 4.69) is 10.7 Å². The zero-order valence-electron chi connectivity index (χ0n) is 10.1. The van der Waals surface area contributed by atoms with Crippen LogP contribution in [-0.4, -0.2) is 38.6 Å². The van der Waals surface area contributed by atoms with E-state index < -0.39 is 0 Å². The molecule has 0 aliphatic rings. The molecule has 0 heterocycles. The summed E-state index contributed by atoms with van der Waals surface area (Å²) in [6.45, 7) is 0.867. The first-order valence-electron chi connectivity index (χ1n) is 5.36. The van der Waals surface area contributed by atoms with Gasteiger partial charge in [-0.05, 0) is 31.6 Å². The lowest BCUT2D eigenvalue weighted by molar-refractivity contribution is 0.0856. The van der Waals surface area contributed by atoms with Crippen molar-refractivity contribution in [2.45, 2.75) is 6.42 Å². The molecule has 0 aliphatic carbocycles. The second-order valence-corrected chi connectivity index (χ2v) is 3.85. The molecule has 88 valence electrons. The third-order valence-electron chi connectivity index (χ3n) is 2.23. The third-order valence-corrected chi connectivity index (χ3v) is 2.23. The van der Waals surface area contributed by atoms with E-state index in [-0.39, 0.29) is 5.91 Å². The minimum absolute atomic E-state index is 0.0586. The van der Waals surface area contributed by atoms with Crippen molar-refractivity contribution in [3.63, 3.8) is 0 Å². The Bertz CT molecular complexity index is 350. The first-order chi connectivity index (χ1) is 7.65. The Hall–Kier alpha value is -1.39. The predicted octanol–water partition coefficient (Wildman–Crippen LogP) is 0.655. The van der Waals surface area contributed by atoms with Crippen LogP contribution in [0.3, 0.4) is 0 Å². The molecule has 2 N–H and O–H groups in total. The highest BCUT2D eigenvalue weighted by atomic mass is 16.2. The van der Waals surface area contributed by atoms with Crippen LogP contribution in [0, 0.1) is 0 Å². The van der Waals surface area contributed by atoms with Crippen molar-refractivity contribution >= 4 is 5.91 Å². The average Bonchev–Trinajstić information content (AvgIpc) is 2.25. The van der Waals surface area contributed by atoms with E-state index in [9.17, 15) is 4.79 Å². The molecule has 1 aromatic carbocycles. The zero-order valence-corrected chi connectivity index (χ0v) is 10.1. The highest BCUT2D eigenvalue weighted by molar-refractivity contribution is 5.95. The van der Waals surface area contributed by atoms with Crippen molar-refractivity contribution in [2.75, 3.05) is 27.7 Å². The fourth-order valence-corrected chi connectivity index (χ4v) is 1.48. The largest absolute Gasteiger partial charge is 0.319 e. The van der Waals surface area contributed by atoms with Gasteiger partial charge in [0.1, 0.15) is 0 Å². The molecule has 16 heavy (non-hydrogen) atoms. The maximum atomic E-state index is 11.9. The topological polar surface area (TPSA) is 44.4 Å². The van der Waals surface area contributed by atoms with Gasteiger partial charge in [-0.15, -0.1) is 0 Å². The van der Waals surface area contributed by atoms with Crippen LogP contribution in [0.15, 0.2) is 24.3 Å². The number of carbonyl (C=O) groups excluding carboxylic acids is 1. The molecule has 0 atom stereocenters. The normalized spacial score (nSPS) is 10.5. The molecule has 1 amide bonds. The summed E-state index contributed by atoms with van der Waals surface area (Å²) in [5, 5.41) is 4.73. The van der Waals surface area contributed by atoms with Crippen molar-refractivity contribution < 1.29 is 4.79 Å². The van der Waals surface area contributed by atoms with Crippen molar-refractivity contribution in [1.82, 2.24) is 15.8 Å². The summed E-state index contributed by atoms with van der Waals surface area (Å²) >= 11 is 0. The van der Waals surface area contributed by atoms with E-state index in [0.29, 0.717) is 0 Å². The molecule has 0 bridgehead atoms. The fraction of sp³-hybridized carbons (Fsp3) is 0.417. The summed E-state index contributed by atoms with van der Waals surface area (Å²) in [6, 6.07) is 7.68. The molecule has 0 saturated carbocycles. The number of nitrogens with zero attached hydrogens (tertiary/aromatic N) is 1. The van der Waals surface area contributed by atoms with Gasteiger partial charge in [-0.25, -0.2) is 5.01 Å². The molecule has 0 fully saturated rings. The van der Waals surface area contributed by atoms with E-state index in [0.717, 1.165) is 24.1 Å². The zero-order chi connectivity index (χ0) is 12.0. The molecule has 0 saturated heterocycles. The minimum atomic E-state index is -0.0586. The van der Waals surface area contributed by atoms with Gasteiger partial charge in [0.2, 0.25) is 0 Å². The summed E-state index contributed by atoms with van der Waals surface area (Å²) in [6.07, 6.45) is 0.855. The summed E-state index contributed by atoms with van der Waals surface area (Å²) in [5.41, 5.74) is 4.56. The van der Waals surface area contributed by atoms with Crippen LogP contribution >= 0.6 is 0 Å². The minimum Gasteiger partial charge on any atom is -0.319 e. The molecule has 0 aliphatic heterocycles. The second kappa shape index (κ2) is 6.25. The molecule has 1 aromatic rings. The Kier molecular flexibility index (Phi) is 4.95. The summed E-state index contributed by atoms with van der Waals surface area (Å²) < 4.78 is 0. The van der Waals surface area contributed by atoms with Gasteiger partial charge in [0, 0.05) is 19.7 Å². The van der Waals surface area contributed by atoms with Gasteiger partial charge in [0.15, 0.2) is 0 Å². The molecular formula is C12H19N3O. The Balaban J connectivity index is 2.81. The van der Waals surface area contributed by atoms with Crippen LogP contribution < -0.4 is 10.7 Å². The molecule has 0 radical (unpaired) electrons. The summed E-state index contributed by atoms with van der Waals surface area (Å²) in [5.74, 6) is -0.0586. The van der Waals surface area contributed by atoms with Gasteiger partial charge in [-0.1, -0.05) is 18.2 Å². The van der Waals surface area contributed by atoms with E-state index in [4.69, 9.17) is 0 Å². The van der Waals surface area contributed by atoms with Gasteiger partial charge >= 0.3 is 0 Å². The molecule has 1 rings (SSSR count). The Labute approximate surface area is 96.6 Å². The predicted molar refractivity (Wildman–Crippen MR) is 65.2 cm³/mol. The number of rotatable bonds is 5. The Morgan fingerprint density at radius 1 is 1.31 bits per heavy atom. The standard InChI is InChI=1S/C12H19N3O/c1-13-9-8-10-6-4-5-7-11(10)12(16)14-15(2)3/h4-7,13H,8-9H2,1-3H3,(H,14,16). The lowest BCUT2D eigenvalue weighted by atomic mass is 10.0. The summed E-state index contributed by atoms with van der Waals surface area (Å²) in [7, 11) is 5.50. The van der Waals surface area contributed by atoms with E-state index in [1.165, 1.54) is 0 Å². The smallest absolute Gasteiger partial charge is 0.265 e. The van der Waals surface area contributed by atoms with Crippen LogP contribution in [0.25, 0.3) is 0 Å². The van der Waals surface area contributed by atoms with Crippen LogP contribution in [-0.2, 0) is 6.42 Å². The Morgan fingerprint density at radius 2 is 2.00 bits per heavy atom. The number of nitrogens with one attached hydrogen (secondary N) is 2. The molecule has 0 spiro atoms. The first kappa shape index (κ1) is 12.7. The van der Waals surface area contributed by atoms with E-state index in [1.54, 1.807) is 19.1 Å². The van der Waals surface area contributed by atoms with Crippen LogP contribution in [0.1, 0.15) is 15.9 Å². The SMILES string of the molecule is CNCCc1ccccc1C(=O)NN(C)C. The van der Waals surface area contributed by atoms with Gasteiger partial charge in [0.25, 0.3) is 5.91 Å². The average molecular weight is 221 g/mol. The van der Waals surface area contributed by atoms with Gasteiger partial charge < -0.3 is 5.32 Å². The molecule has 4 nitrogen and oxygen atoms in total. The second-order valence-electron chi connectivity index (χ2n) is 3.85. The highest BCUT2D eigenvalue weighted by Gasteiger charge is 2.10. The van der Waals surface area contributed by atoms with Crippen molar-refractivity contribution in [2.24, 2.45) is 0 Å². The molecule has 4 heteroatoms. The van der Waals surface area contributed by atoms with Crippen LogP contribution in [0.4, 0.5) is 0 Å². The lowest BCUT2D eigenvalue weighted by Crippen LogP contribution is -2.36. The number of benzene rings is 1. The monoisotopic (exact) mass is 221 g/mol. The van der Waals surface area contributed by atoms with Crippen LogP contribution in [0.2, 0.25) is 0 Å². The first-order valence-corrected chi connectivity index (χ1v) is 5.36. The van der Waals surface area contributed by atoms with Gasteiger partial charge in [-0.3, -0.25) is 10.2 Å². The number of likely N-dealkylation sites (N-methyl/N-ethyl adjacent to an activating group) is 1. The number of hydrogen-bond donors (Lipinski definition) is 2. The third kappa shape index (κ3) is 3.64. The van der Waals surface area contributed by atoms with Gasteiger partial charge in [-0.2, -0.15) is 0 Å². The number of amides is 1. The van der Waals surface area contributed by atoms with Gasteiger partial charge in [0.05, 0.1) is 0 Å². The molecular weight excluding hydrogens is 202 g/mol. The molecule has 0 unspecified atom stereocenters. The Morgan fingerprint density at radius 3 is 2.62 bits per heavy atom. The van der Waals surface area contributed by atoms with Crippen molar-refractivity contribution in [3.8, 4) is 0 Å². The highest BCUT2D eigenvalue weighted by Crippen LogP contribution is 2.09. The van der Waals surface area contributed by atoms with Crippen LogP contribution in [0.5, 0.6) is 0 Å². The lowest BCUT2D eigenvalue weighted by Gasteiger charge is -2.14. The maximum Gasteiger partial charge on any atom is 0.265 e. The molecule has 0 aromatic heterocycles. The quantitative estimate of drug-likeness (QED) is 0.718. The van der Waals surface area contributed by atoms with Crippen molar-refractivity contribution in [3.05, 3.63) is 35.4 Å². The maximum absolute atomic E-state index is 11.9. The van der Waals surface area contributed by atoms with Crippen molar-refractivity contribution in [1.29, 1.82) is 0 Å². The van der Waals surface area contributed by atoms with E-state index in [1.807, 2.05) is 31.3 Å². The number of hydrogen-bond acceptors (Lipinski definition) is 3. The number of hydrazine groups is 1. The van der Waals surface area contributed by atoms with E-state index >= 15 is 0 Å². The fourth-order valence-electron chi connectivity index (χ4n) is 1.48.